The highest BCUT2D eigenvalue weighted by Crippen LogP contribution is 2.43. The lowest BCUT2D eigenvalue weighted by molar-refractivity contribution is -0.154. The van der Waals surface area contributed by atoms with Crippen LogP contribution >= 0.6 is 7.82 Å². The van der Waals surface area contributed by atoms with E-state index in [1.165, 1.54) is 154 Å². The zero-order chi connectivity index (χ0) is 38.4. The molecule has 0 bridgehead atoms. The molecule has 11 heteroatoms. The van der Waals surface area contributed by atoms with Crippen LogP contribution in [0.1, 0.15) is 213 Å². The molecule has 0 spiro atoms. The van der Waals surface area contributed by atoms with Gasteiger partial charge in [0.25, 0.3) is 0 Å². The maximum atomic E-state index is 12.6. The fourth-order valence-corrected chi connectivity index (χ4v) is 7.03. The van der Waals surface area contributed by atoms with Gasteiger partial charge in [0.2, 0.25) is 0 Å². The number of aliphatic carboxylic acids is 1. The number of phosphoric ester groups is 1. The van der Waals surface area contributed by atoms with Gasteiger partial charge in [0, 0.05) is 13.0 Å². The molecule has 0 saturated heterocycles. The molecule has 3 atom stereocenters. The molecule has 0 fully saturated rings. The van der Waals surface area contributed by atoms with Crippen LogP contribution in [0.25, 0.3) is 0 Å². The summed E-state index contributed by atoms with van der Waals surface area (Å²) in [5.74, 6) is -1.77. The number of carbonyl (C=O) groups is 2. The van der Waals surface area contributed by atoms with Gasteiger partial charge in [-0.25, -0.2) is 4.57 Å². The number of ether oxygens (including phenoxy) is 2. The number of rotatable bonds is 42. The Labute approximate surface area is 319 Å². The number of hydrogen-bond donors (Lipinski definition) is 3. The molecule has 0 aliphatic heterocycles. The van der Waals surface area contributed by atoms with Crippen LogP contribution in [0.15, 0.2) is 0 Å². The number of phosphoric acid groups is 1. The van der Waals surface area contributed by atoms with Crippen LogP contribution in [0.5, 0.6) is 0 Å². The molecule has 0 amide bonds. The van der Waals surface area contributed by atoms with Gasteiger partial charge in [-0.2, -0.15) is 0 Å². The normalized spacial score (nSPS) is 13.9. The average molecular weight is 764 g/mol. The first-order valence-electron chi connectivity index (χ1n) is 21.6. The summed E-state index contributed by atoms with van der Waals surface area (Å²) in [6.07, 6.45) is 37.2. The number of hydrogen-bond acceptors (Lipinski definition) is 8. The Morgan fingerprint density at radius 3 is 1.27 bits per heavy atom. The molecule has 0 rings (SSSR count). The van der Waals surface area contributed by atoms with Crippen molar-refractivity contribution in [2.75, 3.05) is 26.4 Å². The summed E-state index contributed by atoms with van der Waals surface area (Å²) in [6, 6.07) is -1.47. The van der Waals surface area contributed by atoms with E-state index in [9.17, 15) is 19.0 Å². The fourth-order valence-electron chi connectivity index (χ4n) is 6.25. The van der Waals surface area contributed by atoms with Crippen molar-refractivity contribution in [3.8, 4) is 0 Å². The molecular weight excluding hydrogens is 681 g/mol. The van der Waals surface area contributed by atoms with E-state index in [1.54, 1.807) is 0 Å². The van der Waals surface area contributed by atoms with E-state index in [1.807, 2.05) is 0 Å². The Bertz CT molecular complexity index is 847. The maximum absolute atomic E-state index is 12.6. The van der Waals surface area contributed by atoms with E-state index in [0.29, 0.717) is 6.61 Å². The summed E-state index contributed by atoms with van der Waals surface area (Å²) in [5, 5.41) is 8.88. The second kappa shape index (κ2) is 38.3. The minimum atomic E-state index is -4.60. The first kappa shape index (κ1) is 51.0. The minimum Gasteiger partial charge on any atom is -0.480 e. The van der Waals surface area contributed by atoms with Gasteiger partial charge in [-0.15, -0.1) is 0 Å². The van der Waals surface area contributed by atoms with E-state index < -0.39 is 45.1 Å². The van der Waals surface area contributed by atoms with Crippen LogP contribution in [-0.2, 0) is 32.7 Å². The van der Waals surface area contributed by atoms with Gasteiger partial charge in [-0.3, -0.25) is 18.6 Å². The van der Waals surface area contributed by atoms with Gasteiger partial charge in [0.05, 0.1) is 19.8 Å². The van der Waals surface area contributed by atoms with Crippen molar-refractivity contribution in [2.24, 2.45) is 5.73 Å². The number of carbonyl (C=O) groups excluding carboxylic acids is 1. The lowest BCUT2D eigenvalue weighted by atomic mass is 10.0. The van der Waals surface area contributed by atoms with Crippen LogP contribution in [0.4, 0.5) is 0 Å². The minimum absolute atomic E-state index is 0.0253. The molecule has 0 aliphatic carbocycles. The quantitative estimate of drug-likeness (QED) is 0.0311. The van der Waals surface area contributed by atoms with Crippen molar-refractivity contribution < 1.29 is 42.7 Å². The molecule has 10 nitrogen and oxygen atoms in total. The Morgan fingerprint density at radius 2 is 0.885 bits per heavy atom. The molecule has 4 N–H and O–H groups in total. The van der Waals surface area contributed by atoms with Crippen molar-refractivity contribution in [3.63, 3.8) is 0 Å². The van der Waals surface area contributed by atoms with E-state index in [4.69, 9.17) is 29.4 Å². The second-order valence-corrected chi connectivity index (χ2v) is 16.3. The SMILES string of the molecule is CCCCCCCCCCCCCCCCCCCCC(=O)O[C@H](COCCCCCCCCCCCCCC)COP(=O)(O)OC[C@H](N)C(=O)O. The third kappa shape index (κ3) is 37.3. The van der Waals surface area contributed by atoms with Gasteiger partial charge >= 0.3 is 19.8 Å². The van der Waals surface area contributed by atoms with Crippen LogP contribution < -0.4 is 5.73 Å². The summed E-state index contributed by atoms with van der Waals surface area (Å²) in [6.45, 7) is 3.92. The molecule has 310 valence electrons. The zero-order valence-corrected chi connectivity index (χ0v) is 34.6. The van der Waals surface area contributed by atoms with Crippen molar-refractivity contribution >= 4 is 19.8 Å². The third-order valence-corrected chi connectivity index (χ3v) is 10.6. The third-order valence-electron chi connectivity index (χ3n) is 9.64. The fraction of sp³-hybridized carbons (Fsp3) is 0.951. The predicted molar refractivity (Wildman–Crippen MR) is 213 cm³/mol. The molecule has 0 aromatic carbocycles. The average Bonchev–Trinajstić information content (AvgIpc) is 3.12. The van der Waals surface area contributed by atoms with Gasteiger partial charge in [0.15, 0.2) is 0 Å². The van der Waals surface area contributed by atoms with Gasteiger partial charge < -0.3 is 25.2 Å². The molecule has 0 radical (unpaired) electrons. The zero-order valence-electron chi connectivity index (χ0n) is 33.7. The number of carboxylic acid groups (broad SMARTS) is 1. The van der Waals surface area contributed by atoms with Crippen LogP contribution in [-0.4, -0.2) is 60.5 Å². The number of nitrogens with two attached hydrogens (primary N) is 1. The molecular formula is C41H82NO9P. The highest BCUT2D eigenvalue weighted by atomic mass is 31.2. The van der Waals surface area contributed by atoms with Crippen LogP contribution in [0.3, 0.4) is 0 Å². The van der Waals surface area contributed by atoms with Crippen molar-refractivity contribution in [1.29, 1.82) is 0 Å². The number of unbranched alkanes of at least 4 members (excludes halogenated alkanes) is 28. The molecule has 0 heterocycles. The van der Waals surface area contributed by atoms with E-state index >= 15 is 0 Å². The second-order valence-electron chi connectivity index (χ2n) is 14.8. The van der Waals surface area contributed by atoms with E-state index in [0.717, 1.165) is 38.5 Å². The summed E-state index contributed by atoms with van der Waals surface area (Å²) in [4.78, 5) is 33.5. The molecule has 0 saturated carbocycles. The molecule has 0 aromatic rings. The highest BCUT2D eigenvalue weighted by Gasteiger charge is 2.27. The Balaban J connectivity index is 4.17. The first-order valence-corrected chi connectivity index (χ1v) is 23.1. The lowest BCUT2D eigenvalue weighted by Crippen LogP contribution is -2.34. The number of carboxylic acids is 1. The predicted octanol–water partition coefficient (Wildman–Crippen LogP) is 11.6. The van der Waals surface area contributed by atoms with Crippen molar-refractivity contribution in [2.45, 2.75) is 225 Å². The molecule has 1 unspecified atom stereocenters. The molecule has 0 aliphatic rings. The van der Waals surface area contributed by atoms with Crippen molar-refractivity contribution in [3.05, 3.63) is 0 Å². The van der Waals surface area contributed by atoms with Crippen molar-refractivity contribution in [1.82, 2.24) is 0 Å². The molecule has 52 heavy (non-hydrogen) atoms. The topological polar surface area (TPSA) is 155 Å². The highest BCUT2D eigenvalue weighted by molar-refractivity contribution is 7.47. The summed E-state index contributed by atoms with van der Waals surface area (Å²) >= 11 is 0. The Kier molecular flexibility index (Phi) is 37.5. The summed E-state index contributed by atoms with van der Waals surface area (Å²) < 4.78 is 33.3. The molecule has 0 aromatic heterocycles. The van der Waals surface area contributed by atoms with Gasteiger partial charge in [-0.05, 0) is 12.8 Å². The Hall–Kier alpha value is -1.03. The van der Waals surface area contributed by atoms with Crippen LogP contribution in [0, 0.1) is 0 Å². The first-order chi connectivity index (χ1) is 25.2. The summed E-state index contributed by atoms with van der Waals surface area (Å²) in [5.41, 5.74) is 5.35. The van der Waals surface area contributed by atoms with Gasteiger partial charge in [0.1, 0.15) is 12.1 Å². The largest absolute Gasteiger partial charge is 0.480 e. The van der Waals surface area contributed by atoms with E-state index in [-0.39, 0.29) is 13.0 Å². The smallest absolute Gasteiger partial charge is 0.472 e. The van der Waals surface area contributed by atoms with Crippen LogP contribution in [0.2, 0.25) is 0 Å². The Morgan fingerprint density at radius 1 is 0.538 bits per heavy atom. The maximum Gasteiger partial charge on any atom is 0.472 e. The standard InChI is InChI=1S/C41H82NO9P/c1-3-5-7-9-11-13-15-17-18-19-20-21-22-23-25-27-29-31-33-40(43)51-38(36-49-52(46,47)50-37-39(42)41(44)45)35-48-34-32-30-28-26-24-16-14-12-10-8-6-4-2/h38-39H,3-37,42H2,1-2H3,(H,44,45)(H,46,47)/t38-,39+/m1/s1. The van der Waals surface area contributed by atoms with E-state index in [2.05, 4.69) is 13.8 Å². The summed E-state index contributed by atoms with van der Waals surface area (Å²) in [7, 11) is -4.60. The lowest BCUT2D eigenvalue weighted by Gasteiger charge is -2.20. The monoisotopic (exact) mass is 764 g/mol. The van der Waals surface area contributed by atoms with Gasteiger partial charge in [-0.1, -0.05) is 194 Å². The number of esters is 1.